The van der Waals surface area contributed by atoms with Gasteiger partial charge in [-0.15, -0.1) is 11.3 Å². The molecule has 0 aliphatic heterocycles. The van der Waals surface area contributed by atoms with Gasteiger partial charge in [-0.1, -0.05) is 18.2 Å². The van der Waals surface area contributed by atoms with Crippen molar-refractivity contribution in [1.82, 2.24) is 15.5 Å². The van der Waals surface area contributed by atoms with Crippen molar-refractivity contribution >= 4 is 40.1 Å². The van der Waals surface area contributed by atoms with Gasteiger partial charge in [-0.2, -0.15) is 5.10 Å². The predicted molar refractivity (Wildman–Crippen MR) is 107 cm³/mol. The second kappa shape index (κ2) is 7.33. The van der Waals surface area contributed by atoms with Crippen molar-refractivity contribution in [1.29, 1.82) is 0 Å². The standard InChI is InChI=1S/C19H16N4OS2/c20-26-14-4-1-3-12(9-14)18-16-10-13(6-7-17(16)22-23-18)19(24)21-11-15-5-2-8-25-15/h1-10H,11,20H2,(H,21,24)(H,22,23). The van der Waals surface area contributed by atoms with Gasteiger partial charge in [-0.05, 0) is 53.7 Å². The van der Waals surface area contributed by atoms with Crippen LogP contribution in [-0.4, -0.2) is 16.1 Å². The zero-order valence-electron chi connectivity index (χ0n) is 13.7. The minimum Gasteiger partial charge on any atom is -0.347 e. The van der Waals surface area contributed by atoms with Gasteiger partial charge in [0.15, 0.2) is 0 Å². The summed E-state index contributed by atoms with van der Waals surface area (Å²) in [6.07, 6.45) is 0. The van der Waals surface area contributed by atoms with E-state index in [2.05, 4.69) is 15.5 Å². The first-order chi connectivity index (χ1) is 12.7. The highest BCUT2D eigenvalue weighted by atomic mass is 32.2. The van der Waals surface area contributed by atoms with Crippen molar-refractivity contribution in [3.05, 3.63) is 70.4 Å². The molecule has 2 aromatic carbocycles. The van der Waals surface area contributed by atoms with Crippen LogP contribution in [0.2, 0.25) is 0 Å². The molecule has 7 heteroatoms. The summed E-state index contributed by atoms with van der Waals surface area (Å²) in [4.78, 5) is 14.6. The average Bonchev–Trinajstić information content (AvgIpc) is 3.35. The monoisotopic (exact) mass is 380 g/mol. The highest BCUT2D eigenvalue weighted by Crippen LogP contribution is 2.29. The van der Waals surface area contributed by atoms with E-state index in [1.165, 1.54) is 11.9 Å². The van der Waals surface area contributed by atoms with Crippen molar-refractivity contribution in [3.63, 3.8) is 0 Å². The third kappa shape index (κ3) is 3.37. The lowest BCUT2D eigenvalue weighted by Gasteiger charge is -2.05. The molecule has 2 aromatic heterocycles. The maximum atomic E-state index is 12.5. The van der Waals surface area contributed by atoms with Gasteiger partial charge in [0.2, 0.25) is 0 Å². The molecule has 0 aliphatic carbocycles. The summed E-state index contributed by atoms with van der Waals surface area (Å²) in [5, 5.41) is 19.0. The topological polar surface area (TPSA) is 83.8 Å². The molecule has 2 heterocycles. The first kappa shape index (κ1) is 16.8. The number of benzene rings is 2. The summed E-state index contributed by atoms with van der Waals surface area (Å²) in [5.41, 5.74) is 3.27. The number of fused-ring (bicyclic) bond motifs is 1. The number of nitrogens with zero attached hydrogens (tertiary/aromatic N) is 1. The van der Waals surface area contributed by atoms with Crippen molar-refractivity contribution in [2.75, 3.05) is 0 Å². The molecule has 0 radical (unpaired) electrons. The smallest absolute Gasteiger partial charge is 0.251 e. The lowest BCUT2D eigenvalue weighted by Crippen LogP contribution is -2.22. The first-order valence-electron chi connectivity index (χ1n) is 8.00. The number of carbonyl (C=O) groups excluding carboxylic acids is 1. The van der Waals surface area contributed by atoms with Gasteiger partial charge >= 0.3 is 0 Å². The molecule has 0 aliphatic rings. The van der Waals surface area contributed by atoms with Crippen LogP contribution in [-0.2, 0) is 6.54 Å². The van der Waals surface area contributed by atoms with Crippen LogP contribution < -0.4 is 10.5 Å². The number of nitrogens with one attached hydrogen (secondary N) is 2. The summed E-state index contributed by atoms with van der Waals surface area (Å²) < 4.78 is 0. The second-order valence-corrected chi connectivity index (χ2v) is 7.48. The number of carbonyl (C=O) groups is 1. The maximum absolute atomic E-state index is 12.5. The van der Waals surface area contributed by atoms with Gasteiger partial charge < -0.3 is 5.32 Å². The van der Waals surface area contributed by atoms with Gasteiger partial charge in [0.1, 0.15) is 0 Å². The predicted octanol–water partition coefficient (Wildman–Crippen LogP) is 4.19. The number of aromatic nitrogens is 2. The molecule has 0 spiro atoms. The molecule has 1 amide bonds. The summed E-state index contributed by atoms with van der Waals surface area (Å²) in [5.74, 6) is -0.0984. The number of amides is 1. The Bertz CT molecular complexity index is 1060. The number of H-pyrrole nitrogens is 1. The van der Waals surface area contributed by atoms with E-state index in [-0.39, 0.29) is 5.91 Å². The van der Waals surface area contributed by atoms with Crippen LogP contribution in [0, 0.1) is 0 Å². The molecule has 4 rings (SSSR count). The van der Waals surface area contributed by atoms with Crippen LogP contribution >= 0.6 is 23.3 Å². The lowest BCUT2D eigenvalue weighted by atomic mass is 10.1. The van der Waals surface area contributed by atoms with E-state index in [0.29, 0.717) is 12.1 Å². The molecule has 4 aromatic rings. The number of nitrogens with two attached hydrogens (primary N) is 1. The molecule has 0 saturated carbocycles. The minimum absolute atomic E-state index is 0.0984. The first-order valence-corrected chi connectivity index (χ1v) is 9.76. The third-order valence-electron chi connectivity index (χ3n) is 4.07. The van der Waals surface area contributed by atoms with Crippen LogP contribution in [0.5, 0.6) is 0 Å². The number of hydrogen-bond acceptors (Lipinski definition) is 5. The lowest BCUT2D eigenvalue weighted by molar-refractivity contribution is 0.0951. The maximum Gasteiger partial charge on any atom is 0.251 e. The largest absolute Gasteiger partial charge is 0.347 e. The average molecular weight is 380 g/mol. The quantitative estimate of drug-likeness (QED) is 0.453. The van der Waals surface area contributed by atoms with Crippen LogP contribution in [0.25, 0.3) is 22.2 Å². The normalized spacial score (nSPS) is 11.0. The number of thiophene rings is 1. The Balaban J connectivity index is 1.64. The van der Waals surface area contributed by atoms with Crippen LogP contribution in [0.4, 0.5) is 0 Å². The molecule has 4 N–H and O–H groups in total. The van der Waals surface area contributed by atoms with Crippen LogP contribution in [0.3, 0.4) is 0 Å². The SMILES string of the molecule is NSc1cccc(-c2n[nH]c3ccc(C(=O)NCc4cccs4)cc23)c1. The third-order valence-corrected chi connectivity index (χ3v) is 5.47. The fourth-order valence-electron chi connectivity index (χ4n) is 2.77. The van der Waals surface area contributed by atoms with E-state index in [1.54, 1.807) is 17.4 Å². The van der Waals surface area contributed by atoms with E-state index < -0.39 is 0 Å². The van der Waals surface area contributed by atoms with E-state index in [9.17, 15) is 4.79 Å². The summed E-state index contributed by atoms with van der Waals surface area (Å²) in [6, 6.07) is 17.4. The van der Waals surface area contributed by atoms with Crippen molar-refractivity contribution in [2.24, 2.45) is 5.14 Å². The summed E-state index contributed by atoms with van der Waals surface area (Å²) in [7, 11) is 0. The Morgan fingerprint density at radius 3 is 2.92 bits per heavy atom. The Morgan fingerprint density at radius 2 is 2.12 bits per heavy atom. The zero-order chi connectivity index (χ0) is 17.9. The highest BCUT2D eigenvalue weighted by Gasteiger charge is 2.12. The fourth-order valence-corrected chi connectivity index (χ4v) is 3.77. The van der Waals surface area contributed by atoms with Gasteiger partial charge in [0.05, 0.1) is 17.8 Å². The van der Waals surface area contributed by atoms with E-state index in [0.717, 1.165) is 31.9 Å². The molecular weight excluding hydrogens is 364 g/mol. The van der Waals surface area contributed by atoms with Crippen molar-refractivity contribution < 1.29 is 4.79 Å². The van der Waals surface area contributed by atoms with Crippen molar-refractivity contribution in [2.45, 2.75) is 11.4 Å². The van der Waals surface area contributed by atoms with Gasteiger partial charge in [-0.25, -0.2) is 0 Å². The van der Waals surface area contributed by atoms with Gasteiger partial charge in [0, 0.05) is 26.3 Å². The molecule has 0 fully saturated rings. The van der Waals surface area contributed by atoms with E-state index >= 15 is 0 Å². The molecule has 26 heavy (non-hydrogen) atoms. The van der Waals surface area contributed by atoms with E-state index in [1.807, 2.05) is 53.9 Å². The molecule has 130 valence electrons. The molecule has 0 unspecified atom stereocenters. The number of aromatic amines is 1. The molecule has 0 atom stereocenters. The van der Waals surface area contributed by atoms with Crippen LogP contribution in [0.1, 0.15) is 15.2 Å². The highest BCUT2D eigenvalue weighted by molar-refractivity contribution is 7.97. The van der Waals surface area contributed by atoms with E-state index in [4.69, 9.17) is 5.14 Å². The van der Waals surface area contributed by atoms with Crippen molar-refractivity contribution in [3.8, 4) is 11.3 Å². The summed E-state index contributed by atoms with van der Waals surface area (Å²) in [6.45, 7) is 0.530. The number of rotatable bonds is 5. The molecule has 0 saturated heterocycles. The fraction of sp³-hybridized carbons (Fsp3) is 0.0526. The Kier molecular flexibility index (Phi) is 4.75. The summed E-state index contributed by atoms with van der Waals surface area (Å²) >= 11 is 2.82. The Labute approximate surface area is 158 Å². The Hall–Kier alpha value is -2.61. The minimum atomic E-state index is -0.0984. The second-order valence-electron chi connectivity index (χ2n) is 5.74. The molecule has 5 nitrogen and oxygen atoms in total. The molecule has 0 bridgehead atoms. The van der Waals surface area contributed by atoms with Crippen LogP contribution in [0.15, 0.2) is 64.9 Å². The zero-order valence-corrected chi connectivity index (χ0v) is 15.4. The molecular formula is C19H16N4OS2. The number of hydrogen-bond donors (Lipinski definition) is 3. The Morgan fingerprint density at radius 1 is 1.19 bits per heavy atom. The van der Waals surface area contributed by atoms with Gasteiger partial charge in [0.25, 0.3) is 5.91 Å². The van der Waals surface area contributed by atoms with Gasteiger partial charge in [-0.3, -0.25) is 15.0 Å².